The first kappa shape index (κ1) is 14.1. The molecule has 0 saturated heterocycles. The van der Waals surface area contributed by atoms with Crippen LogP contribution >= 0.6 is 0 Å². The smallest absolute Gasteiger partial charge is 0.136 e. The van der Waals surface area contributed by atoms with Gasteiger partial charge in [0.1, 0.15) is 17.5 Å². The standard InChI is InChI=1S/C15H26N4/c1-10(2)15(3,4)9-17-13-8-12(16-5)18-14(19-13)11-6-7-11/h8,10-11H,6-7,9H2,1-5H3,(H2,16,17,18,19). The zero-order chi connectivity index (χ0) is 14.0. The van der Waals surface area contributed by atoms with E-state index in [-0.39, 0.29) is 5.41 Å². The minimum absolute atomic E-state index is 0.254. The Morgan fingerprint density at radius 1 is 1.26 bits per heavy atom. The van der Waals surface area contributed by atoms with E-state index in [4.69, 9.17) is 0 Å². The Hall–Kier alpha value is -1.32. The van der Waals surface area contributed by atoms with E-state index in [1.165, 1.54) is 12.8 Å². The summed E-state index contributed by atoms with van der Waals surface area (Å²) in [5, 5.41) is 6.59. The molecule has 2 N–H and O–H groups in total. The molecule has 19 heavy (non-hydrogen) atoms. The normalized spacial score (nSPS) is 15.7. The lowest BCUT2D eigenvalue weighted by Crippen LogP contribution is -2.28. The molecule has 0 aliphatic heterocycles. The highest BCUT2D eigenvalue weighted by Gasteiger charge is 2.28. The van der Waals surface area contributed by atoms with Gasteiger partial charge < -0.3 is 10.6 Å². The van der Waals surface area contributed by atoms with Gasteiger partial charge >= 0.3 is 0 Å². The van der Waals surface area contributed by atoms with Crippen LogP contribution in [0, 0.1) is 11.3 Å². The van der Waals surface area contributed by atoms with Crippen molar-refractivity contribution >= 4 is 11.6 Å². The molecular weight excluding hydrogens is 236 g/mol. The molecule has 1 aliphatic carbocycles. The Kier molecular flexibility index (Phi) is 3.97. The fourth-order valence-electron chi connectivity index (χ4n) is 1.73. The summed E-state index contributed by atoms with van der Waals surface area (Å²) < 4.78 is 0. The molecule has 4 heteroatoms. The van der Waals surface area contributed by atoms with Gasteiger partial charge in [-0.1, -0.05) is 27.7 Å². The SMILES string of the molecule is CNc1cc(NCC(C)(C)C(C)C)nc(C2CC2)n1. The topological polar surface area (TPSA) is 49.8 Å². The fraction of sp³-hybridized carbons (Fsp3) is 0.733. The molecule has 1 fully saturated rings. The van der Waals surface area contributed by atoms with E-state index in [9.17, 15) is 0 Å². The highest BCUT2D eigenvalue weighted by Crippen LogP contribution is 2.39. The number of hydrogen-bond acceptors (Lipinski definition) is 4. The zero-order valence-corrected chi connectivity index (χ0v) is 12.7. The fourth-order valence-corrected chi connectivity index (χ4v) is 1.73. The second-order valence-electron chi connectivity index (χ2n) is 6.52. The summed E-state index contributed by atoms with van der Waals surface area (Å²) in [4.78, 5) is 9.17. The Morgan fingerprint density at radius 3 is 2.42 bits per heavy atom. The van der Waals surface area contributed by atoms with Crippen LogP contribution in [0.4, 0.5) is 11.6 Å². The van der Waals surface area contributed by atoms with E-state index in [1.54, 1.807) is 0 Å². The molecule has 0 atom stereocenters. The first-order valence-electron chi connectivity index (χ1n) is 7.23. The summed E-state index contributed by atoms with van der Waals surface area (Å²) in [6.07, 6.45) is 2.45. The van der Waals surface area contributed by atoms with Crippen molar-refractivity contribution in [2.24, 2.45) is 11.3 Å². The van der Waals surface area contributed by atoms with E-state index < -0.39 is 0 Å². The van der Waals surface area contributed by atoms with Gasteiger partial charge in [-0.3, -0.25) is 0 Å². The van der Waals surface area contributed by atoms with Crippen LogP contribution in [-0.2, 0) is 0 Å². The maximum Gasteiger partial charge on any atom is 0.136 e. The molecule has 0 aromatic carbocycles. The monoisotopic (exact) mass is 262 g/mol. The summed E-state index contributed by atoms with van der Waals surface area (Å²) in [5.74, 6) is 4.04. The number of hydrogen-bond donors (Lipinski definition) is 2. The van der Waals surface area contributed by atoms with Gasteiger partial charge in [0.05, 0.1) is 0 Å². The lowest BCUT2D eigenvalue weighted by molar-refractivity contribution is 0.269. The highest BCUT2D eigenvalue weighted by atomic mass is 15.1. The lowest BCUT2D eigenvalue weighted by Gasteiger charge is -2.29. The molecule has 0 spiro atoms. The van der Waals surface area contributed by atoms with E-state index in [0.29, 0.717) is 11.8 Å². The van der Waals surface area contributed by atoms with Crippen molar-refractivity contribution in [3.63, 3.8) is 0 Å². The molecule has 0 unspecified atom stereocenters. The average Bonchev–Trinajstić information content (AvgIpc) is 3.20. The van der Waals surface area contributed by atoms with E-state index in [0.717, 1.165) is 24.0 Å². The molecule has 2 rings (SSSR count). The van der Waals surface area contributed by atoms with Gasteiger partial charge in [0.2, 0.25) is 0 Å². The van der Waals surface area contributed by atoms with Crippen LogP contribution in [0.15, 0.2) is 6.07 Å². The first-order valence-corrected chi connectivity index (χ1v) is 7.23. The number of rotatable bonds is 6. The number of nitrogens with one attached hydrogen (secondary N) is 2. The predicted molar refractivity (Wildman–Crippen MR) is 80.7 cm³/mol. The molecule has 1 saturated carbocycles. The molecule has 0 bridgehead atoms. The van der Waals surface area contributed by atoms with Gasteiger partial charge in [-0.05, 0) is 24.2 Å². The van der Waals surface area contributed by atoms with Gasteiger partial charge in [-0.25, -0.2) is 9.97 Å². The zero-order valence-electron chi connectivity index (χ0n) is 12.7. The molecule has 4 nitrogen and oxygen atoms in total. The summed E-state index contributed by atoms with van der Waals surface area (Å²) in [6, 6.07) is 1.99. The molecule has 1 aliphatic rings. The summed E-state index contributed by atoms with van der Waals surface area (Å²) >= 11 is 0. The van der Waals surface area contributed by atoms with Gasteiger partial charge in [-0.2, -0.15) is 0 Å². The van der Waals surface area contributed by atoms with E-state index >= 15 is 0 Å². The first-order chi connectivity index (χ1) is 8.92. The van der Waals surface area contributed by atoms with Gasteiger partial charge in [0.25, 0.3) is 0 Å². The molecule has 0 radical (unpaired) electrons. The average molecular weight is 262 g/mol. The molecular formula is C15H26N4. The Bertz CT molecular complexity index is 436. The quantitative estimate of drug-likeness (QED) is 0.824. The van der Waals surface area contributed by atoms with E-state index in [2.05, 4.69) is 48.3 Å². The van der Waals surface area contributed by atoms with Crippen molar-refractivity contribution in [2.45, 2.75) is 46.5 Å². The largest absolute Gasteiger partial charge is 0.373 e. The van der Waals surface area contributed by atoms with Gasteiger partial charge in [0.15, 0.2) is 0 Å². The molecule has 1 aromatic rings. The van der Waals surface area contributed by atoms with Crippen LogP contribution in [0.5, 0.6) is 0 Å². The van der Waals surface area contributed by atoms with Crippen molar-refractivity contribution in [2.75, 3.05) is 24.2 Å². The third-order valence-corrected chi connectivity index (χ3v) is 4.23. The Labute approximate surface area is 116 Å². The predicted octanol–water partition coefficient (Wildman–Crippen LogP) is 3.49. The second kappa shape index (κ2) is 5.35. The van der Waals surface area contributed by atoms with Crippen molar-refractivity contribution < 1.29 is 0 Å². The minimum Gasteiger partial charge on any atom is -0.373 e. The number of aromatic nitrogens is 2. The Balaban J connectivity index is 2.09. The van der Waals surface area contributed by atoms with Crippen LogP contribution in [0.1, 0.15) is 52.3 Å². The second-order valence-corrected chi connectivity index (χ2v) is 6.52. The summed E-state index contributed by atoms with van der Waals surface area (Å²) in [6.45, 7) is 10.0. The summed E-state index contributed by atoms with van der Waals surface area (Å²) in [7, 11) is 1.90. The molecule has 0 amide bonds. The van der Waals surface area contributed by atoms with Crippen LogP contribution in [0.25, 0.3) is 0 Å². The number of anilines is 2. The van der Waals surface area contributed by atoms with Crippen molar-refractivity contribution in [3.8, 4) is 0 Å². The van der Waals surface area contributed by atoms with E-state index in [1.807, 2.05) is 13.1 Å². The van der Waals surface area contributed by atoms with Crippen LogP contribution in [0.2, 0.25) is 0 Å². The maximum atomic E-state index is 4.64. The van der Waals surface area contributed by atoms with Crippen molar-refractivity contribution in [1.29, 1.82) is 0 Å². The van der Waals surface area contributed by atoms with Crippen molar-refractivity contribution in [3.05, 3.63) is 11.9 Å². The van der Waals surface area contributed by atoms with Gasteiger partial charge in [0, 0.05) is 25.6 Å². The maximum absolute atomic E-state index is 4.64. The highest BCUT2D eigenvalue weighted by molar-refractivity contribution is 5.48. The Morgan fingerprint density at radius 2 is 1.89 bits per heavy atom. The third-order valence-electron chi connectivity index (χ3n) is 4.23. The molecule has 1 heterocycles. The van der Waals surface area contributed by atoms with Crippen LogP contribution in [0.3, 0.4) is 0 Å². The lowest BCUT2D eigenvalue weighted by atomic mass is 9.81. The minimum atomic E-state index is 0.254. The molecule has 106 valence electrons. The van der Waals surface area contributed by atoms with Gasteiger partial charge in [-0.15, -0.1) is 0 Å². The third kappa shape index (κ3) is 3.58. The van der Waals surface area contributed by atoms with Crippen molar-refractivity contribution in [1.82, 2.24) is 9.97 Å². The number of nitrogens with zero attached hydrogens (tertiary/aromatic N) is 2. The molecule has 1 aromatic heterocycles. The summed E-state index contributed by atoms with van der Waals surface area (Å²) in [5.41, 5.74) is 0.254. The van der Waals surface area contributed by atoms with Crippen LogP contribution in [-0.4, -0.2) is 23.6 Å². The van der Waals surface area contributed by atoms with Crippen LogP contribution < -0.4 is 10.6 Å².